The molecule has 7 heteroatoms. The molecule has 4 rings (SSSR count). The molecule has 1 aromatic carbocycles. The molecule has 2 aromatic rings. The predicted octanol–water partition coefficient (Wildman–Crippen LogP) is 2.21. The SMILES string of the molecule is CCNC(=NCCCN1CCc2ccccc2C1)N1CCN(Cc2ccon2)CC1. The van der Waals surface area contributed by atoms with E-state index in [4.69, 9.17) is 9.52 Å². The third kappa shape index (κ3) is 5.61. The molecule has 3 heterocycles. The van der Waals surface area contributed by atoms with Gasteiger partial charge in [-0.3, -0.25) is 14.8 Å². The molecule has 1 N–H and O–H groups in total. The van der Waals surface area contributed by atoms with E-state index in [0.29, 0.717) is 0 Å². The summed E-state index contributed by atoms with van der Waals surface area (Å²) in [5.41, 5.74) is 4.01. The molecule has 30 heavy (non-hydrogen) atoms. The van der Waals surface area contributed by atoms with Crippen LogP contribution in [0, 0.1) is 0 Å². The fourth-order valence-corrected chi connectivity index (χ4v) is 4.32. The maximum absolute atomic E-state index is 4.94. The minimum Gasteiger partial charge on any atom is -0.364 e. The number of hydrogen-bond donors (Lipinski definition) is 1. The molecular weight excluding hydrogens is 376 g/mol. The van der Waals surface area contributed by atoms with Crippen LogP contribution in [0.15, 0.2) is 46.1 Å². The number of hydrogen-bond acceptors (Lipinski definition) is 5. The van der Waals surface area contributed by atoms with E-state index in [2.05, 4.69) is 56.4 Å². The number of rotatable bonds is 7. The molecular formula is C23H34N6O. The van der Waals surface area contributed by atoms with Gasteiger partial charge < -0.3 is 14.7 Å². The van der Waals surface area contributed by atoms with Gasteiger partial charge in [-0.2, -0.15) is 0 Å². The first-order chi connectivity index (χ1) is 14.8. The topological polar surface area (TPSA) is 60.1 Å². The predicted molar refractivity (Wildman–Crippen MR) is 119 cm³/mol. The van der Waals surface area contributed by atoms with Crippen molar-refractivity contribution in [3.8, 4) is 0 Å². The largest absolute Gasteiger partial charge is 0.364 e. The minimum absolute atomic E-state index is 0.858. The third-order valence-electron chi connectivity index (χ3n) is 5.99. The molecule has 0 spiro atoms. The zero-order valence-electron chi connectivity index (χ0n) is 18.1. The summed E-state index contributed by atoms with van der Waals surface area (Å²) >= 11 is 0. The summed E-state index contributed by atoms with van der Waals surface area (Å²) < 4.78 is 4.94. The summed E-state index contributed by atoms with van der Waals surface area (Å²) in [7, 11) is 0. The highest BCUT2D eigenvalue weighted by Gasteiger charge is 2.20. The molecule has 0 radical (unpaired) electrons. The maximum Gasteiger partial charge on any atom is 0.194 e. The van der Waals surface area contributed by atoms with Gasteiger partial charge in [0.15, 0.2) is 5.96 Å². The lowest BCUT2D eigenvalue weighted by molar-refractivity contribution is 0.169. The minimum atomic E-state index is 0.858. The number of guanidine groups is 1. The Morgan fingerprint density at radius 3 is 2.67 bits per heavy atom. The van der Waals surface area contributed by atoms with E-state index in [-0.39, 0.29) is 0 Å². The van der Waals surface area contributed by atoms with Crippen molar-refractivity contribution in [2.75, 3.05) is 52.4 Å². The molecule has 2 aliphatic heterocycles. The van der Waals surface area contributed by atoms with E-state index in [0.717, 1.165) is 83.5 Å². The van der Waals surface area contributed by atoms with E-state index >= 15 is 0 Å². The molecule has 1 fully saturated rings. The Morgan fingerprint density at radius 2 is 1.90 bits per heavy atom. The number of nitrogens with one attached hydrogen (secondary N) is 1. The van der Waals surface area contributed by atoms with Gasteiger partial charge in [-0.05, 0) is 30.9 Å². The van der Waals surface area contributed by atoms with E-state index in [1.165, 1.54) is 17.5 Å². The van der Waals surface area contributed by atoms with Crippen LogP contribution in [0.1, 0.15) is 30.2 Å². The lowest BCUT2D eigenvalue weighted by atomic mass is 10.00. The number of piperazine rings is 1. The first-order valence-corrected chi connectivity index (χ1v) is 11.3. The average molecular weight is 411 g/mol. The second-order valence-electron chi connectivity index (χ2n) is 8.14. The summed E-state index contributed by atoms with van der Waals surface area (Å²) in [5, 5.41) is 7.51. The van der Waals surface area contributed by atoms with Crippen molar-refractivity contribution < 1.29 is 4.52 Å². The van der Waals surface area contributed by atoms with Crippen molar-refractivity contribution in [2.45, 2.75) is 32.9 Å². The Hall–Kier alpha value is -2.38. The number of fused-ring (bicyclic) bond motifs is 1. The van der Waals surface area contributed by atoms with Crippen molar-refractivity contribution >= 4 is 5.96 Å². The smallest absolute Gasteiger partial charge is 0.194 e. The van der Waals surface area contributed by atoms with Gasteiger partial charge in [0.05, 0.1) is 5.69 Å². The summed E-state index contributed by atoms with van der Waals surface area (Å²) in [5.74, 6) is 1.06. The standard InChI is InChI=1S/C23H34N6O/c1-2-24-23(29-15-13-28(14-16-29)19-22-9-17-30-26-22)25-10-5-11-27-12-8-20-6-3-4-7-21(20)18-27/h3-4,6-7,9,17H,2,5,8,10-16,18-19H2,1H3,(H,24,25). The van der Waals surface area contributed by atoms with E-state index < -0.39 is 0 Å². The van der Waals surface area contributed by atoms with Crippen molar-refractivity contribution in [3.05, 3.63) is 53.4 Å². The summed E-state index contributed by atoms with van der Waals surface area (Å²) in [4.78, 5) is 12.3. The molecule has 7 nitrogen and oxygen atoms in total. The highest BCUT2D eigenvalue weighted by Crippen LogP contribution is 2.18. The molecule has 162 valence electrons. The molecule has 1 aromatic heterocycles. The number of benzene rings is 1. The first kappa shape index (κ1) is 20.9. The van der Waals surface area contributed by atoms with Gasteiger partial charge in [-0.15, -0.1) is 0 Å². The second kappa shape index (κ2) is 10.6. The normalized spacial score (nSPS) is 18.4. The van der Waals surface area contributed by atoms with Gasteiger partial charge in [-0.25, -0.2) is 0 Å². The van der Waals surface area contributed by atoms with E-state index in [1.54, 1.807) is 6.26 Å². The van der Waals surface area contributed by atoms with Gasteiger partial charge >= 0.3 is 0 Å². The van der Waals surface area contributed by atoms with Crippen LogP contribution in [0.2, 0.25) is 0 Å². The Bertz CT molecular complexity index is 798. The molecule has 0 bridgehead atoms. The maximum atomic E-state index is 4.94. The Balaban J connectivity index is 1.21. The van der Waals surface area contributed by atoms with Gasteiger partial charge in [0.1, 0.15) is 6.26 Å². The van der Waals surface area contributed by atoms with Crippen LogP contribution >= 0.6 is 0 Å². The molecule has 0 amide bonds. The molecule has 0 unspecified atom stereocenters. The van der Waals surface area contributed by atoms with Crippen LogP contribution in [0.5, 0.6) is 0 Å². The van der Waals surface area contributed by atoms with Gasteiger partial charge in [0.2, 0.25) is 0 Å². The fourth-order valence-electron chi connectivity index (χ4n) is 4.32. The lowest BCUT2D eigenvalue weighted by Gasteiger charge is -2.36. The van der Waals surface area contributed by atoms with Crippen LogP contribution in [0.25, 0.3) is 0 Å². The van der Waals surface area contributed by atoms with E-state index in [1.807, 2.05) is 6.07 Å². The Kier molecular flexibility index (Phi) is 7.37. The number of aromatic nitrogens is 1. The van der Waals surface area contributed by atoms with Crippen LogP contribution in [-0.2, 0) is 19.5 Å². The van der Waals surface area contributed by atoms with Crippen molar-refractivity contribution in [3.63, 3.8) is 0 Å². The van der Waals surface area contributed by atoms with Crippen molar-refractivity contribution in [1.29, 1.82) is 0 Å². The molecule has 2 aliphatic rings. The summed E-state index contributed by atoms with van der Waals surface area (Å²) in [6.07, 6.45) is 3.91. The number of nitrogens with zero attached hydrogens (tertiary/aromatic N) is 5. The van der Waals surface area contributed by atoms with E-state index in [9.17, 15) is 0 Å². The highest BCUT2D eigenvalue weighted by atomic mass is 16.5. The lowest BCUT2D eigenvalue weighted by Crippen LogP contribution is -2.52. The van der Waals surface area contributed by atoms with Crippen LogP contribution in [0.3, 0.4) is 0 Å². The first-order valence-electron chi connectivity index (χ1n) is 11.3. The summed E-state index contributed by atoms with van der Waals surface area (Å²) in [6.45, 7) is 12.2. The molecule has 0 atom stereocenters. The second-order valence-corrected chi connectivity index (χ2v) is 8.14. The third-order valence-corrected chi connectivity index (χ3v) is 5.99. The van der Waals surface area contributed by atoms with Crippen LogP contribution in [-0.4, -0.2) is 78.2 Å². The van der Waals surface area contributed by atoms with Crippen molar-refractivity contribution in [1.82, 2.24) is 25.2 Å². The average Bonchev–Trinajstić information content (AvgIpc) is 3.29. The summed E-state index contributed by atoms with van der Waals surface area (Å²) in [6, 6.07) is 10.8. The Morgan fingerprint density at radius 1 is 1.07 bits per heavy atom. The van der Waals surface area contributed by atoms with Crippen LogP contribution in [0.4, 0.5) is 0 Å². The Labute approximate surface area is 179 Å². The quantitative estimate of drug-likeness (QED) is 0.429. The highest BCUT2D eigenvalue weighted by molar-refractivity contribution is 5.80. The van der Waals surface area contributed by atoms with Crippen LogP contribution < -0.4 is 5.32 Å². The van der Waals surface area contributed by atoms with Gasteiger partial charge in [0, 0.05) is 71.5 Å². The van der Waals surface area contributed by atoms with Gasteiger partial charge in [0.25, 0.3) is 0 Å². The monoisotopic (exact) mass is 410 g/mol. The fraction of sp³-hybridized carbons (Fsp3) is 0.565. The molecule has 1 saturated heterocycles. The molecule has 0 saturated carbocycles. The zero-order valence-corrected chi connectivity index (χ0v) is 18.1. The zero-order chi connectivity index (χ0) is 20.6. The molecule has 0 aliphatic carbocycles. The number of aliphatic imine (C=N–C) groups is 1. The van der Waals surface area contributed by atoms with Gasteiger partial charge in [-0.1, -0.05) is 29.4 Å². The van der Waals surface area contributed by atoms with Crippen molar-refractivity contribution in [2.24, 2.45) is 4.99 Å².